The van der Waals surface area contributed by atoms with Crippen molar-refractivity contribution in [2.75, 3.05) is 13.2 Å². The highest BCUT2D eigenvalue weighted by molar-refractivity contribution is 4.95. The van der Waals surface area contributed by atoms with E-state index in [1.165, 1.54) is 0 Å². The summed E-state index contributed by atoms with van der Waals surface area (Å²) in [5.41, 5.74) is 0. The van der Waals surface area contributed by atoms with Gasteiger partial charge in [-0.1, -0.05) is 0 Å². The molecule has 0 aliphatic carbocycles. The van der Waals surface area contributed by atoms with Crippen molar-refractivity contribution in [2.45, 2.75) is 43.9 Å². The van der Waals surface area contributed by atoms with Crippen LogP contribution < -0.4 is 0 Å². The van der Waals surface area contributed by atoms with E-state index in [9.17, 15) is 13.2 Å². The molecule has 2 heterocycles. The predicted molar refractivity (Wildman–Crippen MR) is 49.4 cm³/mol. The van der Waals surface area contributed by atoms with Gasteiger partial charge in [0.05, 0.1) is 6.54 Å². The van der Waals surface area contributed by atoms with Gasteiger partial charge in [0.2, 0.25) is 0 Å². The smallest absolute Gasteiger partial charge is 0.396 e. The molecule has 2 atom stereocenters. The molecular formula is C10H16F3NO. The van der Waals surface area contributed by atoms with Gasteiger partial charge in [-0.15, -0.1) is 0 Å². The fraction of sp³-hybridized carbons (Fsp3) is 1.00. The third kappa shape index (κ3) is 2.45. The number of hydrogen-bond donors (Lipinski definition) is 1. The van der Waals surface area contributed by atoms with Crippen LogP contribution in [-0.4, -0.2) is 41.4 Å². The van der Waals surface area contributed by atoms with Gasteiger partial charge in [0.15, 0.2) is 0 Å². The first-order chi connectivity index (χ1) is 6.99. The first-order valence-corrected chi connectivity index (χ1v) is 5.43. The van der Waals surface area contributed by atoms with E-state index in [1.807, 2.05) is 0 Å². The molecule has 0 aromatic carbocycles. The Morgan fingerprint density at radius 1 is 1.13 bits per heavy atom. The van der Waals surface area contributed by atoms with Crippen LogP contribution in [0.2, 0.25) is 0 Å². The minimum absolute atomic E-state index is 0.0440. The summed E-state index contributed by atoms with van der Waals surface area (Å²) in [5, 5.41) is 9.03. The molecule has 2 fully saturated rings. The molecule has 15 heavy (non-hydrogen) atoms. The fourth-order valence-corrected chi connectivity index (χ4v) is 3.00. The largest absolute Gasteiger partial charge is 0.401 e. The molecule has 0 aromatic rings. The summed E-state index contributed by atoms with van der Waals surface area (Å²) in [5.74, 6) is 0.215. The van der Waals surface area contributed by atoms with Crippen LogP contribution in [-0.2, 0) is 0 Å². The third-order valence-electron chi connectivity index (χ3n) is 3.60. The Morgan fingerprint density at radius 3 is 2.07 bits per heavy atom. The number of alkyl halides is 3. The number of aliphatic hydroxyl groups is 1. The standard InChI is InChI=1S/C10H16F3NO/c11-10(12,13)6-14-8-1-2-9(14)4-7(3-8)5-15/h7-9,15H,1-6H2. The number of halogens is 3. The highest BCUT2D eigenvalue weighted by Crippen LogP contribution is 2.39. The summed E-state index contributed by atoms with van der Waals surface area (Å²) in [6.07, 6.45) is -0.923. The van der Waals surface area contributed by atoms with Gasteiger partial charge in [0, 0.05) is 18.7 Å². The number of fused-ring (bicyclic) bond motifs is 2. The molecule has 0 amide bonds. The Labute approximate surface area is 87.1 Å². The summed E-state index contributed by atoms with van der Waals surface area (Å²) in [7, 11) is 0. The van der Waals surface area contributed by atoms with Crippen molar-refractivity contribution in [1.82, 2.24) is 4.90 Å². The molecular weight excluding hydrogens is 207 g/mol. The van der Waals surface area contributed by atoms with Gasteiger partial charge in [-0.2, -0.15) is 13.2 Å². The molecule has 0 spiro atoms. The minimum atomic E-state index is -4.09. The summed E-state index contributed by atoms with van der Waals surface area (Å²) in [4.78, 5) is 1.59. The van der Waals surface area contributed by atoms with E-state index < -0.39 is 12.7 Å². The Morgan fingerprint density at radius 2 is 1.67 bits per heavy atom. The maximum absolute atomic E-state index is 12.3. The summed E-state index contributed by atoms with van der Waals surface area (Å²) in [6, 6.07) is 0.0880. The minimum Gasteiger partial charge on any atom is -0.396 e. The van der Waals surface area contributed by atoms with E-state index in [2.05, 4.69) is 0 Å². The van der Waals surface area contributed by atoms with Crippen molar-refractivity contribution in [3.63, 3.8) is 0 Å². The molecule has 2 nitrogen and oxygen atoms in total. The van der Waals surface area contributed by atoms with Crippen LogP contribution in [0.3, 0.4) is 0 Å². The molecule has 2 bridgehead atoms. The molecule has 2 aliphatic rings. The fourth-order valence-electron chi connectivity index (χ4n) is 3.00. The van der Waals surface area contributed by atoms with Crippen molar-refractivity contribution in [3.8, 4) is 0 Å². The van der Waals surface area contributed by atoms with Crippen LogP contribution in [0.25, 0.3) is 0 Å². The highest BCUT2D eigenvalue weighted by atomic mass is 19.4. The van der Waals surface area contributed by atoms with E-state index >= 15 is 0 Å². The van der Waals surface area contributed by atoms with Crippen LogP contribution >= 0.6 is 0 Å². The molecule has 0 saturated carbocycles. The average molecular weight is 223 g/mol. The number of aliphatic hydroxyl groups excluding tert-OH is 1. The molecule has 2 saturated heterocycles. The van der Waals surface area contributed by atoms with Crippen molar-refractivity contribution >= 4 is 0 Å². The number of piperidine rings is 1. The molecule has 2 rings (SSSR count). The maximum atomic E-state index is 12.3. The lowest BCUT2D eigenvalue weighted by Gasteiger charge is -2.38. The maximum Gasteiger partial charge on any atom is 0.401 e. The lowest BCUT2D eigenvalue weighted by Crippen LogP contribution is -2.47. The highest BCUT2D eigenvalue weighted by Gasteiger charge is 2.44. The molecule has 0 aromatic heterocycles. The zero-order valence-corrected chi connectivity index (χ0v) is 8.50. The van der Waals surface area contributed by atoms with E-state index in [4.69, 9.17) is 5.11 Å². The normalized spacial score (nSPS) is 37.2. The molecule has 2 unspecified atom stereocenters. The SMILES string of the molecule is OCC1CC2CCC(C1)N2CC(F)(F)F. The summed E-state index contributed by atoms with van der Waals surface area (Å²) >= 11 is 0. The first-order valence-electron chi connectivity index (χ1n) is 5.43. The molecule has 88 valence electrons. The van der Waals surface area contributed by atoms with Crippen molar-refractivity contribution in [1.29, 1.82) is 0 Å². The number of hydrogen-bond acceptors (Lipinski definition) is 2. The van der Waals surface area contributed by atoms with Crippen LogP contribution in [0.1, 0.15) is 25.7 Å². The van der Waals surface area contributed by atoms with Crippen LogP contribution in [0.4, 0.5) is 13.2 Å². The van der Waals surface area contributed by atoms with Crippen molar-refractivity contribution in [2.24, 2.45) is 5.92 Å². The van der Waals surface area contributed by atoms with Gasteiger partial charge in [-0.25, -0.2) is 0 Å². The summed E-state index contributed by atoms with van der Waals surface area (Å²) in [6.45, 7) is -0.659. The second-order valence-electron chi connectivity index (χ2n) is 4.69. The van der Waals surface area contributed by atoms with Crippen LogP contribution in [0.15, 0.2) is 0 Å². The average Bonchev–Trinajstić information content (AvgIpc) is 2.37. The zero-order valence-electron chi connectivity index (χ0n) is 8.50. The van der Waals surface area contributed by atoms with E-state index in [-0.39, 0.29) is 24.6 Å². The molecule has 0 radical (unpaired) electrons. The number of nitrogens with zero attached hydrogens (tertiary/aromatic N) is 1. The zero-order chi connectivity index (χ0) is 11.1. The van der Waals surface area contributed by atoms with E-state index in [1.54, 1.807) is 4.90 Å². The lowest BCUT2D eigenvalue weighted by atomic mass is 9.91. The monoisotopic (exact) mass is 223 g/mol. The van der Waals surface area contributed by atoms with E-state index in [0.717, 1.165) is 25.7 Å². The van der Waals surface area contributed by atoms with Crippen molar-refractivity contribution < 1.29 is 18.3 Å². The van der Waals surface area contributed by atoms with Gasteiger partial charge in [0.25, 0.3) is 0 Å². The van der Waals surface area contributed by atoms with Crippen LogP contribution in [0, 0.1) is 5.92 Å². The van der Waals surface area contributed by atoms with Crippen LogP contribution in [0.5, 0.6) is 0 Å². The van der Waals surface area contributed by atoms with Gasteiger partial charge >= 0.3 is 6.18 Å². The lowest BCUT2D eigenvalue weighted by molar-refractivity contribution is -0.157. The molecule has 1 N–H and O–H groups in total. The van der Waals surface area contributed by atoms with Gasteiger partial charge < -0.3 is 5.11 Å². The third-order valence-corrected chi connectivity index (χ3v) is 3.60. The van der Waals surface area contributed by atoms with E-state index in [0.29, 0.717) is 0 Å². The Balaban J connectivity index is 1.99. The predicted octanol–water partition coefficient (Wildman–Crippen LogP) is 1.78. The topological polar surface area (TPSA) is 23.5 Å². The molecule has 5 heteroatoms. The second-order valence-corrected chi connectivity index (χ2v) is 4.69. The van der Waals surface area contributed by atoms with Gasteiger partial charge in [0.1, 0.15) is 0 Å². The van der Waals surface area contributed by atoms with Gasteiger partial charge in [-0.3, -0.25) is 4.90 Å². The number of rotatable bonds is 2. The quantitative estimate of drug-likeness (QED) is 0.771. The van der Waals surface area contributed by atoms with Crippen molar-refractivity contribution in [3.05, 3.63) is 0 Å². The first kappa shape index (κ1) is 11.2. The molecule has 2 aliphatic heterocycles. The Kier molecular flexibility index (Phi) is 2.94. The Bertz CT molecular complexity index is 217. The second kappa shape index (κ2) is 3.94. The Hall–Kier alpha value is -0.290. The van der Waals surface area contributed by atoms with Gasteiger partial charge in [-0.05, 0) is 31.6 Å². The summed E-state index contributed by atoms with van der Waals surface area (Å²) < 4.78 is 36.9.